The summed E-state index contributed by atoms with van der Waals surface area (Å²) < 4.78 is 13.2. The first-order chi connectivity index (χ1) is 13.3. The zero-order chi connectivity index (χ0) is 18.9. The third-order valence-corrected chi connectivity index (χ3v) is 5.48. The second-order valence-electron chi connectivity index (χ2n) is 7.86. The van der Waals surface area contributed by atoms with E-state index in [2.05, 4.69) is 11.9 Å². The minimum atomic E-state index is -0.246. The van der Waals surface area contributed by atoms with Crippen molar-refractivity contribution in [3.63, 3.8) is 0 Å². The third-order valence-electron chi connectivity index (χ3n) is 5.48. The van der Waals surface area contributed by atoms with Gasteiger partial charge >= 0.3 is 5.69 Å². The molecule has 150 valence electrons. The van der Waals surface area contributed by atoms with Crippen molar-refractivity contribution in [2.75, 3.05) is 6.61 Å². The molecule has 0 amide bonds. The van der Waals surface area contributed by atoms with Crippen LogP contribution in [0.4, 0.5) is 0 Å². The van der Waals surface area contributed by atoms with Gasteiger partial charge < -0.3 is 9.15 Å². The molecule has 0 aliphatic carbocycles. The van der Waals surface area contributed by atoms with Crippen molar-refractivity contribution < 1.29 is 9.15 Å². The van der Waals surface area contributed by atoms with E-state index >= 15 is 0 Å². The van der Waals surface area contributed by atoms with Gasteiger partial charge in [-0.2, -0.15) is 4.98 Å². The SMILES string of the molecule is CCCCCCCCCCc1cc2cn(CC3CCCCO3)c(=O)nc2o1. The van der Waals surface area contributed by atoms with Crippen LogP contribution in [-0.2, 0) is 17.7 Å². The van der Waals surface area contributed by atoms with Gasteiger partial charge in [0.2, 0.25) is 5.71 Å². The van der Waals surface area contributed by atoms with Crippen LogP contribution in [0.3, 0.4) is 0 Å². The lowest BCUT2D eigenvalue weighted by Crippen LogP contribution is -2.31. The first kappa shape index (κ1) is 20.1. The maximum Gasteiger partial charge on any atom is 0.350 e. The van der Waals surface area contributed by atoms with Gasteiger partial charge in [0.15, 0.2) is 0 Å². The summed E-state index contributed by atoms with van der Waals surface area (Å²) in [4.78, 5) is 16.4. The molecule has 1 saturated heterocycles. The molecule has 0 N–H and O–H groups in total. The lowest BCUT2D eigenvalue weighted by atomic mass is 10.1. The monoisotopic (exact) mass is 374 g/mol. The van der Waals surface area contributed by atoms with Crippen LogP contribution >= 0.6 is 0 Å². The lowest BCUT2D eigenvalue weighted by Gasteiger charge is -2.22. The Morgan fingerprint density at radius 3 is 2.63 bits per heavy atom. The number of furan rings is 1. The van der Waals surface area contributed by atoms with Gasteiger partial charge in [0.25, 0.3) is 0 Å². The van der Waals surface area contributed by atoms with Gasteiger partial charge in [-0.1, -0.05) is 51.9 Å². The standard InChI is InChI=1S/C22H34N2O3/c1-2-3-4-5-6-7-8-9-12-19-15-18-16-24(22(25)23-21(18)27-19)17-20-13-10-11-14-26-20/h15-16,20H,2-14,17H2,1H3. The highest BCUT2D eigenvalue weighted by Crippen LogP contribution is 2.19. The van der Waals surface area contributed by atoms with E-state index in [4.69, 9.17) is 9.15 Å². The molecule has 1 atom stereocenters. The minimum Gasteiger partial charge on any atom is -0.443 e. The number of hydrogen-bond acceptors (Lipinski definition) is 4. The number of hydrogen-bond donors (Lipinski definition) is 0. The number of aromatic nitrogens is 2. The Balaban J connectivity index is 1.48. The molecule has 5 nitrogen and oxygen atoms in total. The molecule has 3 heterocycles. The molecule has 0 bridgehead atoms. The molecule has 27 heavy (non-hydrogen) atoms. The summed E-state index contributed by atoms with van der Waals surface area (Å²) >= 11 is 0. The number of fused-ring (bicyclic) bond motifs is 1. The van der Waals surface area contributed by atoms with Gasteiger partial charge in [-0.3, -0.25) is 4.57 Å². The van der Waals surface area contributed by atoms with E-state index in [1.165, 1.54) is 51.4 Å². The molecule has 1 unspecified atom stereocenters. The molecule has 2 aromatic heterocycles. The summed E-state index contributed by atoms with van der Waals surface area (Å²) in [6.07, 6.45) is 16.6. The number of unbranched alkanes of at least 4 members (excludes halogenated alkanes) is 7. The first-order valence-corrected chi connectivity index (χ1v) is 10.9. The van der Waals surface area contributed by atoms with Crippen LogP contribution in [0.1, 0.15) is 83.3 Å². The fourth-order valence-electron chi connectivity index (χ4n) is 3.86. The Bertz CT molecular complexity index is 744. The Labute approximate surface area is 162 Å². The molecule has 0 aromatic carbocycles. The molecule has 0 saturated carbocycles. The largest absolute Gasteiger partial charge is 0.443 e. The highest BCUT2D eigenvalue weighted by molar-refractivity contribution is 5.72. The van der Waals surface area contributed by atoms with Gasteiger partial charge in [0.05, 0.1) is 18.0 Å². The van der Waals surface area contributed by atoms with Gasteiger partial charge in [0.1, 0.15) is 5.76 Å². The highest BCUT2D eigenvalue weighted by atomic mass is 16.5. The van der Waals surface area contributed by atoms with E-state index in [0.717, 1.165) is 43.4 Å². The molecule has 1 fully saturated rings. The van der Waals surface area contributed by atoms with Crippen molar-refractivity contribution >= 4 is 11.1 Å². The number of nitrogens with zero attached hydrogens (tertiary/aromatic N) is 2. The van der Waals surface area contributed by atoms with Crippen LogP contribution in [0, 0.1) is 0 Å². The Morgan fingerprint density at radius 1 is 1.11 bits per heavy atom. The molecular weight excluding hydrogens is 340 g/mol. The highest BCUT2D eigenvalue weighted by Gasteiger charge is 2.16. The Hall–Kier alpha value is -1.62. The van der Waals surface area contributed by atoms with Gasteiger partial charge in [-0.15, -0.1) is 0 Å². The second-order valence-corrected chi connectivity index (χ2v) is 7.86. The van der Waals surface area contributed by atoms with E-state index in [1.807, 2.05) is 12.3 Å². The number of rotatable bonds is 11. The molecule has 0 radical (unpaired) electrons. The van der Waals surface area contributed by atoms with Crippen molar-refractivity contribution in [1.29, 1.82) is 0 Å². The average molecular weight is 375 g/mol. The van der Waals surface area contributed by atoms with E-state index in [9.17, 15) is 4.79 Å². The summed E-state index contributed by atoms with van der Waals surface area (Å²) in [5.74, 6) is 0.939. The van der Waals surface area contributed by atoms with Crippen LogP contribution in [0.2, 0.25) is 0 Å². The molecule has 3 rings (SSSR count). The van der Waals surface area contributed by atoms with Crippen molar-refractivity contribution in [2.24, 2.45) is 0 Å². The van der Waals surface area contributed by atoms with Crippen LogP contribution in [0.25, 0.3) is 11.1 Å². The first-order valence-electron chi connectivity index (χ1n) is 10.9. The summed E-state index contributed by atoms with van der Waals surface area (Å²) in [6.45, 7) is 3.63. The number of aryl methyl sites for hydroxylation is 1. The summed E-state index contributed by atoms with van der Waals surface area (Å²) in [7, 11) is 0. The number of ether oxygens (including phenoxy) is 1. The maximum atomic E-state index is 12.3. The van der Waals surface area contributed by atoms with E-state index in [1.54, 1.807) is 4.57 Å². The smallest absolute Gasteiger partial charge is 0.350 e. The predicted octanol–water partition coefficient (Wildman–Crippen LogP) is 5.24. The van der Waals surface area contributed by atoms with Crippen molar-refractivity contribution in [3.05, 3.63) is 28.5 Å². The quantitative estimate of drug-likeness (QED) is 0.505. The molecule has 5 heteroatoms. The van der Waals surface area contributed by atoms with E-state index < -0.39 is 0 Å². The summed E-state index contributed by atoms with van der Waals surface area (Å²) in [5.41, 5.74) is 0.222. The van der Waals surface area contributed by atoms with Crippen LogP contribution in [-0.4, -0.2) is 22.3 Å². The summed E-state index contributed by atoms with van der Waals surface area (Å²) in [5, 5.41) is 0.917. The van der Waals surface area contributed by atoms with Crippen LogP contribution < -0.4 is 5.69 Å². The molecular formula is C22H34N2O3. The lowest BCUT2D eigenvalue weighted by molar-refractivity contribution is 0.00528. The Morgan fingerprint density at radius 2 is 1.89 bits per heavy atom. The van der Waals surface area contributed by atoms with Gasteiger partial charge in [-0.25, -0.2) is 4.79 Å². The van der Waals surface area contributed by atoms with Gasteiger partial charge in [0, 0.05) is 19.2 Å². The minimum absolute atomic E-state index is 0.124. The molecule has 1 aliphatic rings. The van der Waals surface area contributed by atoms with Crippen LogP contribution in [0.15, 0.2) is 21.5 Å². The topological polar surface area (TPSA) is 57.3 Å². The fourth-order valence-corrected chi connectivity index (χ4v) is 3.86. The van der Waals surface area contributed by atoms with Crippen LogP contribution in [0.5, 0.6) is 0 Å². The van der Waals surface area contributed by atoms with Crippen molar-refractivity contribution in [1.82, 2.24) is 9.55 Å². The van der Waals surface area contributed by atoms with Gasteiger partial charge in [-0.05, 0) is 31.7 Å². The van der Waals surface area contributed by atoms with E-state index in [0.29, 0.717) is 12.3 Å². The second kappa shape index (κ2) is 10.6. The summed E-state index contributed by atoms with van der Waals surface area (Å²) in [6, 6.07) is 2.04. The fraction of sp³-hybridized carbons (Fsp3) is 0.727. The molecule has 0 spiro atoms. The normalized spacial score (nSPS) is 17.6. The van der Waals surface area contributed by atoms with E-state index in [-0.39, 0.29) is 11.8 Å². The molecule has 1 aliphatic heterocycles. The average Bonchev–Trinajstić information content (AvgIpc) is 3.06. The predicted molar refractivity (Wildman–Crippen MR) is 108 cm³/mol. The Kier molecular flexibility index (Phi) is 7.93. The zero-order valence-corrected chi connectivity index (χ0v) is 16.8. The molecule has 2 aromatic rings. The maximum absolute atomic E-state index is 12.3. The van der Waals surface area contributed by atoms with Crippen molar-refractivity contribution in [3.8, 4) is 0 Å². The van der Waals surface area contributed by atoms with Crippen molar-refractivity contribution in [2.45, 2.75) is 96.6 Å². The zero-order valence-electron chi connectivity index (χ0n) is 16.8. The third kappa shape index (κ3) is 6.20.